The number of aryl methyl sites for hydroxylation is 1. The van der Waals surface area contributed by atoms with Crippen LogP contribution in [0.15, 0.2) is 24.3 Å². The second-order valence-corrected chi connectivity index (χ2v) is 4.78. The molecule has 0 amide bonds. The van der Waals surface area contributed by atoms with Gasteiger partial charge in [-0.05, 0) is 26.3 Å². The van der Waals surface area contributed by atoms with E-state index < -0.39 is 11.2 Å². The van der Waals surface area contributed by atoms with E-state index in [0.29, 0.717) is 0 Å². The van der Waals surface area contributed by atoms with Crippen LogP contribution in [0.5, 0.6) is 0 Å². The average molecular weight is 218 g/mol. The highest BCUT2D eigenvalue weighted by molar-refractivity contribution is 5.88. The molecule has 0 bridgehead atoms. The minimum atomic E-state index is -0.776. The molecule has 2 saturated heterocycles. The predicted molar refractivity (Wildman–Crippen MR) is 57.9 cm³/mol. The van der Waals surface area contributed by atoms with E-state index in [4.69, 9.17) is 9.47 Å². The summed E-state index contributed by atoms with van der Waals surface area (Å²) in [6, 6.07) is 8.08. The van der Waals surface area contributed by atoms with Crippen LogP contribution >= 0.6 is 0 Å². The first kappa shape index (κ1) is 9.85. The third kappa shape index (κ3) is 0.901. The first-order valence-corrected chi connectivity index (χ1v) is 5.49. The summed E-state index contributed by atoms with van der Waals surface area (Å²) in [6.07, 6.45) is -0.215. The van der Waals surface area contributed by atoms with Crippen molar-refractivity contribution in [2.45, 2.75) is 38.1 Å². The van der Waals surface area contributed by atoms with Crippen LogP contribution in [0, 0.1) is 6.92 Å². The molecule has 1 aromatic carbocycles. The molecule has 0 aromatic heterocycles. The van der Waals surface area contributed by atoms with Gasteiger partial charge in [-0.15, -0.1) is 0 Å². The van der Waals surface area contributed by atoms with Gasteiger partial charge in [0.05, 0.1) is 0 Å². The maximum absolute atomic E-state index is 11.6. The van der Waals surface area contributed by atoms with E-state index in [1.54, 1.807) is 6.92 Å². The molecule has 3 atom stereocenters. The van der Waals surface area contributed by atoms with Gasteiger partial charge < -0.3 is 9.47 Å². The van der Waals surface area contributed by atoms with E-state index in [2.05, 4.69) is 0 Å². The van der Waals surface area contributed by atoms with Crippen molar-refractivity contribution >= 4 is 5.97 Å². The summed E-state index contributed by atoms with van der Waals surface area (Å²) >= 11 is 0. The van der Waals surface area contributed by atoms with Crippen LogP contribution in [0.1, 0.15) is 25.0 Å². The lowest BCUT2D eigenvalue weighted by molar-refractivity contribution is -0.153. The number of rotatable bonds is 1. The second-order valence-electron chi connectivity index (χ2n) is 4.78. The standard InChI is InChI=1S/C13H14O3/c1-8-4-6-10(7-5-8)13-9(2)15-11(14)12(13,3)16-13/h4-7,9H,1-3H3/t9?,12-,13-/m0/s1. The molecule has 0 spiro atoms. The Balaban J connectivity index is 2.08. The molecule has 2 heterocycles. The van der Waals surface area contributed by atoms with Crippen LogP contribution < -0.4 is 0 Å². The quantitative estimate of drug-likeness (QED) is 0.534. The molecule has 0 N–H and O–H groups in total. The van der Waals surface area contributed by atoms with Crippen LogP contribution in [-0.4, -0.2) is 17.7 Å². The molecule has 0 radical (unpaired) electrons. The number of carbonyl (C=O) groups excluding carboxylic acids is 1. The Morgan fingerprint density at radius 2 is 1.88 bits per heavy atom. The van der Waals surface area contributed by atoms with Gasteiger partial charge in [-0.1, -0.05) is 29.8 Å². The van der Waals surface area contributed by atoms with E-state index in [0.717, 1.165) is 5.56 Å². The molecular formula is C13H14O3. The summed E-state index contributed by atoms with van der Waals surface area (Å²) in [5.74, 6) is -0.249. The minimum absolute atomic E-state index is 0.215. The molecule has 1 unspecified atom stereocenters. The molecule has 0 aliphatic carbocycles. The minimum Gasteiger partial charge on any atom is -0.457 e. The van der Waals surface area contributed by atoms with Crippen molar-refractivity contribution in [3.63, 3.8) is 0 Å². The topological polar surface area (TPSA) is 38.8 Å². The highest BCUT2D eigenvalue weighted by Gasteiger charge is 2.81. The van der Waals surface area contributed by atoms with Crippen molar-refractivity contribution in [3.05, 3.63) is 35.4 Å². The summed E-state index contributed by atoms with van der Waals surface area (Å²) in [5, 5.41) is 0. The van der Waals surface area contributed by atoms with Gasteiger partial charge >= 0.3 is 5.97 Å². The van der Waals surface area contributed by atoms with Gasteiger partial charge in [-0.2, -0.15) is 0 Å². The lowest BCUT2D eigenvalue weighted by Gasteiger charge is -2.15. The zero-order chi connectivity index (χ0) is 11.6. The molecule has 1 aromatic rings. The Bertz CT molecular complexity index is 465. The number of hydrogen-bond acceptors (Lipinski definition) is 3. The number of esters is 1. The molecule has 3 nitrogen and oxygen atoms in total. The Labute approximate surface area is 94.4 Å². The van der Waals surface area contributed by atoms with E-state index >= 15 is 0 Å². The van der Waals surface area contributed by atoms with Gasteiger partial charge in [0.1, 0.15) is 6.10 Å². The van der Waals surface area contributed by atoms with Crippen molar-refractivity contribution in [2.24, 2.45) is 0 Å². The zero-order valence-electron chi connectivity index (χ0n) is 9.61. The third-order valence-electron chi connectivity index (χ3n) is 3.76. The van der Waals surface area contributed by atoms with Gasteiger partial charge in [0.25, 0.3) is 0 Å². The molecule has 2 aliphatic rings. The van der Waals surface area contributed by atoms with E-state index in [1.165, 1.54) is 5.56 Å². The Morgan fingerprint density at radius 1 is 1.25 bits per heavy atom. The van der Waals surface area contributed by atoms with Crippen molar-refractivity contribution in [1.29, 1.82) is 0 Å². The fourth-order valence-corrected chi connectivity index (χ4v) is 2.69. The average Bonchev–Trinajstić information content (AvgIpc) is 2.83. The van der Waals surface area contributed by atoms with Crippen LogP contribution in [0.3, 0.4) is 0 Å². The summed E-state index contributed by atoms with van der Waals surface area (Å²) in [6.45, 7) is 5.73. The summed E-state index contributed by atoms with van der Waals surface area (Å²) < 4.78 is 11.0. The van der Waals surface area contributed by atoms with E-state index in [1.807, 2.05) is 38.1 Å². The fraction of sp³-hybridized carbons (Fsp3) is 0.462. The van der Waals surface area contributed by atoms with Crippen molar-refractivity contribution < 1.29 is 14.3 Å². The summed E-state index contributed by atoms with van der Waals surface area (Å²) in [4.78, 5) is 11.6. The fourth-order valence-electron chi connectivity index (χ4n) is 2.69. The third-order valence-corrected chi connectivity index (χ3v) is 3.76. The van der Waals surface area contributed by atoms with Crippen LogP contribution in [0.4, 0.5) is 0 Å². The molecule has 16 heavy (non-hydrogen) atoms. The lowest BCUT2D eigenvalue weighted by atomic mass is 9.85. The number of benzene rings is 1. The molecule has 0 saturated carbocycles. The zero-order valence-corrected chi connectivity index (χ0v) is 9.61. The molecule has 2 aliphatic heterocycles. The van der Waals surface area contributed by atoms with E-state index in [9.17, 15) is 4.79 Å². The van der Waals surface area contributed by atoms with Crippen LogP contribution in [-0.2, 0) is 19.9 Å². The number of epoxide rings is 1. The van der Waals surface area contributed by atoms with Gasteiger partial charge in [-0.25, -0.2) is 4.79 Å². The van der Waals surface area contributed by atoms with Crippen LogP contribution in [0.2, 0.25) is 0 Å². The second kappa shape index (κ2) is 2.66. The number of hydrogen-bond donors (Lipinski definition) is 0. The maximum atomic E-state index is 11.6. The normalized spacial score (nSPS) is 40.4. The molecule has 3 heteroatoms. The smallest absolute Gasteiger partial charge is 0.342 e. The predicted octanol–water partition coefficient (Wildman–Crippen LogP) is 1.92. The van der Waals surface area contributed by atoms with E-state index in [-0.39, 0.29) is 12.1 Å². The van der Waals surface area contributed by atoms with Crippen molar-refractivity contribution in [1.82, 2.24) is 0 Å². The Kier molecular flexibility index (Phi) is 1.64. The Hall–Kier alpha value is -1.35. The number of carbonyl (C=O) groups is 1. The highest BCUT2D eigenvalue weighted by atomic mass is 16.7. The van der Waals surface area contributed by atoms with Gasteiger partial charge in [0.15, 0.2) is 5.60 Å². The maximum Gasteiger partial charge on any atom is 0.342 e. The van der Waals surface area contributed by atoms with Crippen molar-refractivity contribution in [3.8, 4) is 0 Å². The summed E-state index contributed by atoms with van der Waals surface area (Å²) in [7, 11) is 0. The molecule has 3 rings (SSSR count). The van der Waals surface area contributed by atoms with Gasteiger partial charge in [-0.3, -0.25) is 0 Å². The van der Waals surface area contributed by atoms with Gasteiger partial charge in [0.2, 0.25) is 5.60 Å². The molecular weight excluding hydrogens is 204 g/mol. The first-order valence-electron chi connectivity index (χ1n) is 5.49. The summed E-state index contributed by atoms with van der Waals surface area (Å²) in [5.41, 5.74) is 0.888. The lowest BCUT2D eigenvalue weighted by Crippen LogP contribution is -2.25. The monoisotopic (exact) mass is 218 g/mol. The largest absolute Gasteiger partial charge is 0.457 e. The number of fused-ring (bicyclic) bond motifs is 1. The molecule has 2 fully saturated rings. The van der Waals surface area contributed by atoms with Crippen molar-refractivity contribution in [2.75, 3.05) is 0 Å². The number of cyclic esters (lactones) is 1. The van der Waals surface area contributed by atoms with Crippen LogP contribution in [0.25, 0.3) is 0 Å². The first-order chi connectivity index (χ1) is 7.50. The SMILES string of the molecule is Cc1ccc([C@]23O[C@@]2(C)C(=O)OC3C)cc1. The number of ether oxygens (including phenoxy) is 2. The van der Waals surface area contributed by atoms with Gasteiger partial charge in [0, 0.05) is 0 Å². The molecule has 84 valence electrons. The highest BCUT2D eigenvalue weighted by Crippen LogP contribution is 2.63. The Morgan fingerprint density at radius 3 is 2.31 bits per heavy atom.